The summed E-state index contributed by atoms with van der Waals surface area (Å²) in [7, 11) is -2.87. The van der Waals surface area contributed by atoms with Gasteiger partial charge in [0, 0.05) is 67.6 Å². The number of aryl methyl sites for hydroxylation is 1. The highest BCUT2D eigenvalue weighted by Gasteiger charge is 2.55. The minimum atomic E-state index is -4.59. The summed E-state index contributed by atoms with van der Waals surface area (Å²) < 4.78 is 48.5. The molecular formula is C50H58N8O8S. The molecule has 11 rings (SSSR count). The fourth-order valence-corrected chi connectivity index (χ4v) is 12.9. The maximum absolute atomic E-state index is 14.6. The Kier molecular flexibility index (Phi) is 11.0. The van der Waals surface area contributed by atoms with Crippen molar-refractivity contribution in [3.8, 4) is 5.88 Å². The number of amides is 1. The van der Waals surface area contributed by atoms with E-state index >= 15 is 0 Å². The number of hydrogen-bond donors (Lipinski definition) is 3. The van der Waals surface area contributed by atoms with Crippen molar-refractivity contribution in [2.24, 2.45) is 11.3 Å². The van der Waals surface area contributed by atoms with Gasteiger partial charge in [0.25, 0.3) is 21.6 Å². The molecule has 352 valence electrons. The quantitative estimate of drug-likeness (QED) is 0.0809. The first-order chi connectivity index (χ1) is 32.3. The first-order valence-electron chi connectivity index (χ1n) is 23.7. The maximum atomic E-state index is 14.6. The summed E-state index contributed by atoms with van der Waals surface area (Å²) in [6, 6.07) is 22.5. The largest absolute Gasteiger partial charge is 0.468 e. The van der Waals surface area contributed by atoms with E-state index in [1.54, 1.807) is 19.4 Å². The van der Waals surface area contributed by atoms with Gasteiger partial charge in [-0.1, -0.05) is 24.3 Å². The number of hydrogen-bond acceptors (Lipinski definition) is 13. The smallest absolute Gasteiger partial charge is 0.293 e. The molecule has 16 nitrogen and oxygen atoms in total. The van der Waals surface area contributed by atoms with Crippen molar-refractivity contribution in [3.05, 3.63) is 106 Å². The van der Waals surface area contributed by atoms with Gasteiger partial charge in [-0.3, -0.25) is 19.8 Å². The van der Waals surface area contributed by atoms with Gasteiger partial charge in [-0.2, -0.15) is 4.98 Å². The zero-order valence-electron chi connectivity index (χ0n) is 38.2. The van der Waals surface area contributed by atoms with Crippen LogP contribution < -0.4 is 24.6 Å². The van der Waals surface area contributed by atoms with Gasteiger partial charge in [-0.25, -0.2) is 13.1 Å². The van der Waals surface area contributed by atoms with Crippen molar-refractivity contribution in [2.75, 3.05) is 61.6 Å². The number of sulfonamides is 1. The molecule has 6 heterocycles. The molecule has 0 bridgehead atoms. The fourth-order valence-electron chi connectivity index (χ4n) is 11.9. The highest BCUT2D eigenvalue weighted by Crippen LogP contribution is 2.55. The molecule has 2 aromatic heterocycles. The summed E-state index contributed by atoms with van der Waals surface area (Å²) in [5.41, 5.74) is 5.45. The zero-order valence-corrected chi connectivity index (χ0v) is 39.0. The van der Waals surface area contributed by atoms with Crippen LogP contribution in [0.4, 0.5) is 28.4 Å². The molecule has 67 heavy (non-hydrogen) atoms. The second-order valence-electron chi connectivity index (χ2n) is 20.1. The molecular weight excluding hydrogens is 873 g/mol. The minimum absolute atomic E-state index is 0.111. The van der Waals surface area contributed by atoms with E-state index in [0.29, 0.717) is 54.7 Å². The lowest BCUT2D eigenvalue weighted by atomic mass is 9.60. The Morgan fingerprint density at radius 1 is 1.01 bits per heavy atom. The lowest BCUT2D eigenvalue weighted by molar-refractivity contribution is -0.384. The van der Waals surface area contributed by atoms with Crippen molar-refractivity contribution in [2.45, 2.75) is 99.9 Å². The van der Waals surface area contributed by atoms with Gasteiger partial charge in [0.2, 0.25) is 5.88 Å². The van der Waals surface area contributed by atoms with E-state index in [4.69, 9.17) is 19.2 Å². The molecule has 3 saturated heterocycles. The Hall–Kier alpha value is -5.75. The number of aromatic nitrogens is 2. The number of nitro benzene ring substituents is 1. The number of H-pyrrole nitrogens is 1. The third-order valence-corrected chi connectivity index (χ3v) is 17.2. The first kappa shape index (κ1) is 43.8. The third kappa shape index (κ3) is 7.96. The molecule has 5 fully saturated rings. The van der Waals surface area contributed by atoms with E-state index in [-0.39, 0.29) is 34.2 Å². The van der Waals surface area contributed by atoms with Crippen molar-refractivity contribution < 1.29 is 32.3 Å². The standard InChI is InChI=1S/C50H58N8O8S/c1-31-7-4-5-8-37(31)40-9-6-20-56(40)35-24-50(25-35)29-55(30-50)34-10-12-38(41(22-34)57-43-21-33-16-19-51-46(33)53-48(43)66-45-28-65-27-44(45)57)47(59)54-67(62,63)36-11-13-39(42(23-36)58(60)61)52-26-32-14-17-49(2,64-3)18-15-32/h4-5,7-8,10-13,16,19,21-23,32,35,40,44-45,52H,6,9,14-15,17-18,20,24-30H2,1-3H3,(H,51,53)(H,54,59)/t32?,40-,44-,45-,49?/m0/s1. The molecule has 2 saturated carbocycles. The SMILES string of the molecule is COC1(C)CCC(CNc2ccc(S(=O)(=O)NC(=O)c3ccc(N4CC5(CC(N6CCC[C@H]6c6ccccc6C)C5)C4)cc3N3c4cc5cc[nH]c5nc4O[C@H]4COC[C@@H]43)cc2[N+](=O)[O-])CC1. The van der Waals surface area contributed by atoms with Crippen LogP contribution in [0.3, 0.4) is 0 Å². The van der Waals surface area contributed by atoms with Crippen LogP contribution in [-0.4, -0.2) is 104 Å². The number of carbonyl (C=O) groups is 1. The molecule has 1 amide bonds. The second-order valence-corrected chi connectivity index (χ2v) is 21.8. The van der Waals surface area contributed by atoms with E-state index in [1.165, 1.54) is 36.1 Å². The van der Waals surface area contributed by atoms with Crippen molar-refractivity contribution in [1.82, 2.24) is 19.6 Å². The van der Waals surface area contributed by atoms with E-state index < -0.39 is 37.5 Å². The molecule has 2 aliphatic carbocycles. The summed E-state index contributed by atoms with van der Waals surface area (Å²) in [6.45, 7) is 8.31. The molecule has 0 unspecified atom stereocenters. The van der Waals surface area contributed by atoms with Gasteiger partial charge in [0.15, 0.2) is 0 Å². The summed E-state index contributed by atoms with van der Waals surface area (Å²) >= 11 is 0. The second kappa shape index (κ2) is 16.8. The number of nitro groups is 1. The molecule has 1 spiro atoms. The van der Waals surface area contributed by atoms with E-state index in [2.05, 4.69) is 62.9 Å². The average Bonchev–Trinajstić information content (AvgIpc) is 4.08. The molecule has 3 atom stereocenters. The molecule has 3 aromatic carbocycles. The number of aromatic amines is 1. The van der Waals surface area contributed by atoms with Crippen LogP contribution in [0.25, 0.3) is 11.0 Å². The molecule has 3 N–H and O–H groups in total. The minimum Gasteiger partial charge on any atom is -0.468 e. The number of methoxy groups -OCH3 is 1. The highest BCUT2D eigenvalue weighted by atomic mass is 32.2. The van der Waals surface area contributed by atoms with Gasteiger partial charge in [0.1, 0.15) is 23.1 Å². The third-order valence-electron chi connectivity index (χ3n) is 15.8. The number of nitrogens with zero attached hydrogens (tertiary/aromatic N) is 5. The average molecular weight is 931 g/mol. The first-order valence-corrected chi connectivity index (χ1v) is 25.1. The van der Waals surface area contributed by atoms with Crippen LogP contribution in [0, 0.1) is 28.4 Å². The Morgan fingerprint density at radius 3 is 2.60 bits per heavy atom. The van der Waals surface area contributed by atoms with Crippen LogP contribution in [0.1, 0.15) is 85.8 Å². The number of carbonyl (C=O) groups excluding carboxylic acids is 1. The number of rotatable bonds is 12. The summed E-state index contributed by atoms with van der Waals surface area (Å²) in [6.07, 6.45) is 9.64. The lowest BCUT2D eigenvalue weighted by Crippen LogP contribution is -2.66. The number of nitrogens with one attached hydrogen (secondary N) is 3. The molecule has 17 heteroatoms. The normalized spacial score (nSPS) is 25.8. The number of fused-ring (bicyclic) bond motifs is 3. The topological polar surface area (TPSA) is 184 Å². The lowest BCUT2D eigenvalue weighted by Gasteiger charge is -2.62. The Labute approximate surface area is 390 Å². The maximum Gasteiger partial charge on any atom is 0.293 e. The highest BCUT2D eigenvalue weighted by molar-refractivity contribution is 7.90. The van der Waals surface area contributed by atoms with E-state index in [1.807, 2.05) is 29.2 Å². The Bertz CT molecular complexity index is 2850. The van der Waals surface area contributed by atoms with Gasteiger partial charge >= 0.3 is 0 Å². The number of pyridine rings is 1. The summed E-state index contributed by atoms with van der Waals surface area (Å²) in [4.78, 5) is 41.0. The summed E-state index contributed by atoms with van der Waals surface area (Å²) in [5.74, 6) is -0.217. The Morgan fingerprint density at radius 2 is 1.82 bits per heavy atom. The van der Waals surface area contributed by atoms with Crippen molar-refractivity contribution in [3.63, 3.8) is 0 Å². The number of benzene rings is 3. The predicted octanol–water partition coefficient (Wildman–Crippen LogP) is 8.01. The zero-order chi connectivity index (χ0) is 46.2. The molecule has 0 radical (unpaired) electrons. The van der Waals surface area contributed by atoms with Crippen molar-refractivity contribution in [1.29, 1.82) is 0 Å². The molecule has 5 aromatic rings. The van der Waals surface area contributed by atoms with Crippen LogP contribution in [0.5, 0.6) is 5.88 Å². The molecule has 4 aliphatic heterocycles. The van der Waals surface area contributed by atoms with Crippen LogP contribution >= 0.6 is 0 Å². The van der Waals surface area contributed by atoms with Gasteiger partial charge in [-0.15, -0.1) is 0 Å². The van der Waals surface area contributed by atoms with Gasteiger partial charge in [0.05, 0.1) is 45.9 Å². The van der Waals surface area contributed by atoms with Gasteiger partial charge in [-0.05, 0) is 131 Å². The Balaban J connectivity index is 0.863. The van der Waals surface area contributed by atoms with Crippen molar-refractivity contribution >= 4 is 55.4 Å². The molecule has 6 aliphatic rings. The summed E-state index contributed by atoms with van der Waals surface area (Å²) in [5, 5.41) is 16.4. The van der Waals surface area contributed by atoms with E-state index in [0.717, 1.165) is 75.3 Å². The number of anilines is 4. The van der Waals surface area contributed by atoms with Crippen LogP contribution in [-0.2, 0) is 19.5 Å². The predicted molar refractivity (Wildman–Crippen MR) is 255 cm³/mol. The number of ether oxygens (including phenoxy) is 3. The van der Waals surface area contributed by atoms with Gasteiger partial charge < -0.3 is 34.3 Å². The van der Waals surface area contributed by atoms with Crippen LogP contribution in [0.2, 0.25) is 0 Å². The fraction of sp³-hybridized carbons (Fsp3) is 0.480. The van der Waals surface area contributed by atoms with Crippen LogP contribution in [0.15, 0.2) is 83.9 Å². The van der Waals surface area contributed by atoms with E-state index in [9.17, 15) is 23.3 Å². The monoisotopic (exact) mass is 930 g/mol. The number of likely N-dealkylation sites (tertiary alicyclic amines) is 1.